The van der Waals surface area contributed by atoms with Crippen molar-refractivity contribution >= 4 is 28.5 Å². The summed E-state index contributed by atoms with van der Waals surface area (Å²) in [7, 11) is 0. The summed E-state index contributed by atoms with van der Waals surface area (Å²) in [5.74, 6) is -3.57. The molecule has 0 bridgehead atoms. The van der Waals surface area contributed by atoms with Crippen molar-refractivity contribution in [3.05, 3.63) is 89.4 Å². The summed E-state index contributed by atoms with van der Waals surface area (Å²) >= 11 is 0. The van der Waals surface area contributed by atoms with Gasteiger partial charge in [0.2, 0.25) is 0 Å². The lowest BCUT2D eigenvalue weighted by Gasteiger charge is -2.15. The molecule has 0 atom stereocenters. The maximum atomic E-state index is 14.8. The van der Waals surface area contributed by atoms with E-state index in [2.05, 4.69) is 11.9 Å². The van der Waals surface area contributed by atoms with E-state index >= 15 is 0 Å². The average Bonchev–Trinajstić information content (AvgIpc) is 3.20. The van der Waals surface area contributed by atoms with Gasteiger partial charge >= 0.3 is 5.97 Å². The number of aryl methyl sites for hydroxylation is 1. The number of nitrogens with one attached hydrogen (secondary N) is 1. The Bertz CT molecular complexity index is 1330. The Morgan fingerprint density at radius 3 is 2.38 bits per heavy atom. The highest BCUT2D eigenvalue weighted by atomic mass is 19.2. The van der Waals surface area contributed by atoms with Crippen LogP contribution in [0.5, 0.6) is 0 Å². The molecule has 0 radical (unpaired) electrons. The molecule has 2 N–H and O–H groups in total. The molecule has 0 unspecified atom stereocenters. The number of anilines is 1. The third-order valence-corrected chi connectivity index (χ3v) is 5.35. The first-order chi connectivity index (χ1) is 15.4. The van der Waals surface area contributed by atoms with Crippen LogP contribution in [0.2, 0.25) is 0 Å². The third-order valence-electron chi connectivity index (χ3n) is 5.35. The van der Waals surface area contributed by atoms with Gasteiger partial charge in [-0.2, -0.15) is 0 Å². The quantitative estimate of drug-likeness (QED) is 0.357. The lowest BCUT2D eigenvalue weighted by atomic mass is 10.0. The van der Waals surface area contributed by atoms with E-state index in [9.17, 15) is 23.6 Å². The molecule has 0 fully saturated rings. The lowest BCUT2D eigenvalue weighted by Crippen LogP contribution is -2.25. The number of carbonyl (C=O) groups is 2. The number of amides is 1. The van der Waals surface area contributed by atoms with Gasteiger partial charge in [0.15, 0.2) is 0 Å². The van der Waals surface area contributed by atoms with Crippen molar-refractivity contribution in [2.45, 2.75) is 19.8 Å². The van der Waals surface area contributed by atoms with Crippen molar-refractivity contribution in [2.75, 3.05) is 5.12 Å². The number of hydrogen-bond acceptors (Lipinski definition) is 2. The number of carboxylic acids is 1. The normalized spacial score (nSPS) is 11.0. The first kappa shape index (κ1) is 21.2. The van der Waals surface area contributed by atoms with Gasteiger partial charge in [-0.25, -0.2) is 9.18 Å². The zero-order chi connectivity index (χ0) is 22.8. The second kappa shape index (κ2) is 8.63. The fraction of sp³-hybridized carbons (Fsp3) is 0.120. The molecule has 0 spiro atoms. The second-order valence-electron chi connectivity index (χ2n) is 7.43. The smallest absolute Gasteiger partial charge is 0.336 e. The number of rotatable bonds is 6. The number of carboxylic acid groups (broad SMARTS) is 1. The molecule has 1 amide bonds. The van der Waals surface area contributed by atoms with E-state index in [0.717, 1.165) is 35.4 Å². The summed E-state index contributed by atoms with van der Waals surface area (Å²) in [5.41, 5.74) is 2.11. The Morgan fingerprint density at radius 1 is 1.00 bits per heavy atom. The topological polar surface area (TPSA) is 73.4 Å². The Labute approximate surface area is 182 Å². The molecule has 4 rings (SSSR count). The summed E-state index contributed by atoms with van der Waals surface area (Å²) in [4.78, 5) is 27.1. The maximum Gasteiger partial charge on any atom is 0.336 e. The predicted molar refractivity (Wildman–Crippen MR) is 119 cm³/mol. The first-order valence-corrected chi connectivity index (χ1v) is 10.1. The van der Waals surface area contributed by atoms with E-state index in [1.165, 1.54) is 42.0 Å². The molecule has 1 heterocycles. The number of fused-ring (bicyclic) bond motifs is 1. The van der Waals surface area contributed by atoms with Gasteiger partial charge in [-0.1, -0.05) is 42.1 Å². The molecule has 32 heavy (non-hydrogen) atoms. The predicted octanol–water partition coefficient (Wildman–Crippen LogP) is 6.16. The number of halogens is 2. The van der Waals surface area contributed by atoms with Crippen LogP contribution in [0.3, 0.4) is 0 Å². The molecule has 162 valence electrons. The van der Waals surface area contributed by atoms with E-state index in [4.69, 9.17) is 0 Å². The molecule has 0 aliphatic heterocycles. The van der Waals surface area contributed by atoms with Crippen molar-refractivity contribution in [1.29, 1.82) is 0 Å². The number of benzene rings is 3. The van der Waals surface area contributed by atoms with Gasteiger partial charge in [0, 0.05) is 17.1 Å². The summed E-state index contributed by atoms with van der Waals surface area (Å²) in [6.45, 7) is 2.09. The zero-order valence-corrected chi connectivity index (χ0v) is 17.2. The Balaban J connectivity index is 1.67. The molecule has 0 aliphatic carbocycles. The van der Waals surface area contributed by atoms with Gasteiger partial charge in [0.05, 0.1) is 11.1 Å². The van der Waals surface area contributed by atoms with E-state index < -0.39 is 23.4 Å². The molecule has 3 aromatic carbocycles. The highest BCUT2D eigenvalue weighted by Crippen LogP contribution is 2.31. The van der Waals surface area contributed by atoms with Gasteiger partial charge in [0.25, 0.3) is 5.91 Å². The molecule has 5 nitrogen and oxygen atoms in total. The number of hydrogen-bond donors (Lipinski definition) is 2. The Kier molecular flexibility index (Phi) is 5.73. The lowest BCUT2D eigenvalue weighted by molar-refractivity contribution is 0.0690. The summed E-state index contributed by atoms with van der Waals surface area (Å²) in [6.07, 6.45) is 3.86. The number of aromatic amines is 1. The highest BCUT2D eigenvalue weighted by molar-refractivity contribution is 6.11. The summed E-state index contributed by atoms with van der Waals surface area (Å²) < 4.78 is 29.6. The molecular formula is C25H20F2N2O3. The first-order valence-electron chi connectivity index (χ1n) is 10.1. The van der Waals surface area contributed by atoms with E-state index in [-0.39, 0.29) is 16.2 Å². The minimum Gasteiger partial charge on any atom is -0.478 e. The van der Waals surface area contributed by atoms with Crippen LogP contribution < -0.4 is 5.12 Å². The van der Waals surface area contributed by atoms with Crippen molar-refractivity contribution < 1.29 is 23.6 Å². The fourth-order valence-electron chi connectivity index (χ4n) is 3.75. The van der Waals surface area contributed by atoms with Crippen LogP contribution in [0.15, 0.2) is 66.9 Å². The molecule has 0 saturated carbocycles. The van der Waals surface area contributed by atoms with Crippen molar-refractivity contribution in [3.8, 4) is 11.1 Å². The van der Waals surface area contributed by atoms with Crippen LogP contribution >= 0.6 is 0 Å². The number of aromatic nitrogens is 1. The van der Waals surface area contributed by atoms with Gasteiger partial charge < -0.3 is 10.1 Å². The van der Waals surface area contributed by atoms with Crippen LogP contribution in [-0.2, 0) is 6.42 Å². The molecule has 4 aromatic rings. The Morgan fingerprint density at radius 2 is 1.69 bits per heavy atom. The number of nitrogens with zero attached hydrogens (tertiary/aromatic N) is 1. The van der Waals surface area contributed by atoms with E-state index in [1.54, 1.807) is 0 Å². The average molecular weight is 434 g/mol. The largest absolute Gasteiger partial charge is 0.478 e. The highest BCUT2D eigenvalue weighted by Gasteiger charge is 2.25. The van der Waals surface area contributed by atoms with Crippen LogP contribution in [-0.4, -0.2) is 22.0 Å². The fourth-order valence-corrected chi connectivity index (χ4v) is 3.75. The third kappa shape index (κ3) is 3.85. The minimum atomic E-state index is -1.37. The molecular weight excluding hydrogens is 414 g/mol. The van der Waals surface area contributed by atoms with Gasteiger partial charge in [-0.3, -0.25) is 4.79 Å². The van der Waals surface area contributed by atoms with Gasteiger partial charge in [-0.05, 0) is 59.5 Å². The summed E-state index contributed by atoms with van der Waals surface area (Å²) in [5, 5.41) is 9.90. The van der Waals surface area contributed by atoms with Crippen LogP contribution in [0, 0.1) is 5.82 Å². The van der Waals surface area contributed by atoms with Crippen LogP contribution in [0.25, 0.3) is 22.0 Å². The molecule has 0 aliphatic rings. The number of H-pyrrole nitrogens is 1. The molecule has 0 saturated heterocycles. The van der Waals surface area contributed by atoms with Gasteiger partial charge in [0.1, 0.15) is 11.5 Å². The van der Waals surface area contributed by atoms with E-state index in [1.807, 2.05) is 24.4 Å². The molecule has 1 aromatic heterocycles. The van der Waals surface area contributed by atoms with Crippen molar-refractivity contribution in [1.82, 2.24) is 4.98 Å². The van der Waals surface area contributed by atoms with E-state index in [0.29, 0.717) is 5.56 Å². The summed E-state index contributed by atoms with van der Waals surface area (Å²) in [6, 6.07) is 14.8. The monoisotopic (exact) mass is 434 g/mol. The Hall–Kier alpha value is -4.00. The number of aromatic carboxylic acids is 1. The standard InChI is InChI=1S/C25H20F2N2O3/c1-2-5-17-14-28-22-10-8-15(12-20(17)22)16-9-11-23(21(26)13-16)29(27)24(30)18-6-3-4-7-19(18)25(31)32/h3-4,6-14,28H,2,5H2,1H3,(H,31,32). The van der Waals surface area contributed by atoms with Crippen LogP contribution in [0.4, 0.5) is 14.6 Å². The maximum absolute atomic E-state index is 14.8. The van der Waals surface area contributed by atoms with Crippen LogP contribution in [0.1, 0.15) is 39.6 Å². The minimum absolute atomic E-state index is 0.361. The second-order valence-corrected chi connectivity index (χ2v) is 7.43. The van der Waals surface area contributed by atoms with Gasteiger partial charge in [-0.15, -0.1) is 5.12 Å². The van der Waals surface area contributed by atoms with Crippen molar-refractivity contribution in [3.63, 3.8) is 0 Å². The number of carbonyl (C=O) groups excluding carboxylic acids is 1. The zero-order valence-electron chi connectivity index (χ0n) is 17.2. The van der Waals surface area contributed by atoms with Crippen molar-refractivity contribution in [2.24, 2.45) is 0 Å². The SMILES string of the molecule is CCCc1c[nH]c2ccc(-c3ccc(N(F)C(=O)c4ccccc4C(=O)O)c(F)c3)cc12. The molecule has 7 heteroatoms.